The maximum Gasteiger partial charge on any atom is 0.138 e. The topological polar surface area (TPSA) is 29.5 Å². The number of aliphatic hydroxyl groups is 1. The van der Waals surface area contributed by atoms with Crippen molar-refractivity contribution in [2.45, 2.75) is 31.3 Å². The summed E-state index contributed by atoms with van der Waals surface area (Å²) in [6.07, 6.45) is 3.83. The second-order valence-corrected chi connectivity index (χ2v) is 4.56. The van der Waals surface area contributed by atoms with Crippen molar-refractivity contribution in [3.8, 4) is 5.75 Å². The Morgan fingerprint density at radius 1 is 1.27 bits per heavy atom. The van der Waals surface area contributed by atoms with Gasteiger partial charge in [0.25, 0.3) is 0 Å². The lowest BCUT2D eigenvalue weighted by molar-refractivity contribution is 0.00144. The van der Waals surface area contributed by atoms with E-state index in [9.17, 15) is 5.11 Å². The molecule has 15 heavy (non-hydrogen) atoms. The van der Waals surface area contributed by atoms with E-state index in [1.165, 1.54) is 0 Å². The second kappa shape index (κ2) is 4.42. The summed E-state index contributed by atoms with van der Waals surface area (Å²) in [4.78, 5) is 0. The van der Waals surface area contributed by atoms with Crippen molar-refractivity contribution in [1.82, 2.24) is 0 Å². The first-order chi connectivity index (χ1) is 7.20. The van der Waals surface area contributed by atoms with E-state index in [1.54, 1.807) is 6.07 Å². The Labute approximate surface area is 94.8 Å². The average Bonchev–Trinajstić information content (AvgIpc) is 2.65. The third-order valence-electron chi connectivity index (χ3n) is 2.87. The predicted octanol–water partition coefficient (Wildman–Crippen LogP) is 3.02. The Balaban J connectivity index is 1.95. The Hall–Kier alpha value is -0.730. The molecule has 1 N–H and O–H groups in total. The molecule has 1 aromatic carbocycles. The van der Waals surface area contributed by atoms with Crippen molar-refractivity contribution in [3.63, 3.8) is 0 Å². The van der Waals surface area contributed by atoms with Gasteiger partial charge in [-0.15, -0.1) is 0 Å². The van der Waals surface area contributed by atoms with Gasteiger partial charge in [0.2, 0.25) is 0 Å². The number of para-hydroxylation sites is 1. The molecule has 0 aliphatic heterocycles. The zero-order chi connectivity index (χ0) is 10.7. The first kappa shape index (κ1) is 10.8. The van der Waals surface area contributed by atoms with Crippen molar-refractivity contribution in [2.75, 3.05) is 6.61 Å². The molecular weight excluding hydrogens is 212 g/mol. The molecular formula is C12H15ClO2. The molecule has 0 bridgehead atoms. The third kappa shape index (κ3) is 2.64. The van der Waals surface area contributed by atoms with Gasteiger partial charge in [0.15, 0.2) is 0 Å². The molecule has 0 aromatic heterocycles. The molecule has 1 saturated carbocycles. The van der Waals surface area contributed by atoms with Crippen LogP contribution in [0.25, 0.3) is 0 Å². The van der Waals surface area contributed by atoms with Gasteiger partial charge in [-0.1, -0.05) is 36.6 Å². The number of benzene rings is 1. The maximum absolute atomic E-state index is 10.1. The van der Waals surface area contributed by atoms with Gasteiger partial charge in [-0.05, 0) is 25.0 Å². The monoisotopic (exact) mass is 226 g/mol. The first-order valence-electron chi connectivity index (χ1n) is 5.29. The molecule has 0 amide bonds. The van der Waals surface area contributed by atoms with E-state index in [-0.39, 0.29) is 0 Å². The zero-order valence-corrected chi connectivity index (χ0v) is 9.33. The quantitative estimate of drug-likeness (QED) is 0.859. The summed E-state index contributed by atoms with van der Waals surface area (Å²) in [7, 11) is 0. The van der Waals surface area contributed by atoms with E-state index in [0.717, 1.165) is 25.7 Å². The van der Waals surface area contributed by atoms with E-state index < -0.39 is 5.60 Å². The van der Waals surface area contributed by atoms with Crippen molar-refractivity contribution in [1.29, 1.82) is 0 Å². The molecule has 3 heteroatoms. The van der Waals surface area contributed by atoms with Crippen molar-refractivity contribution >= 4 is 11.6 Å². The summed E-state index contributed by atoms with van der Waals surface area (Å²) in [5.41, 5.74) is -0.640. The Morgan fingerprint density at radius 3 is 2.60 bits per heavy atom. The van der Waals surface area contributed by atoms with Crippen LogP contribution in [0, 0.1) is 0 Å². The molecule has 0 atom stereocenters. The van der Waals surface area contributed by atoms with E-state index in [4.69, 9.17) is 16.3 Å². The van der Waals surface area contributed by atoms with Gasteiger partial charge < -0.3 is 9.84 Å². The van der Waals surface area contributed by atoms with Crippen molar-refractivity contribution < 1.29 is 9.84 Å². The fraction of sp³-hybridized carbons (Fsp3) is 0.500. The minimum Gasteiger partial charge on any atom is -0.489 e. The minimum atomic E-state index is -0.640. The summed E-state index contributed by atoms with van der Waals surface area (Å²) in [6.45, 7) is 0.344. The van der Waals surface area contributed by atoms with Gasteiger partial charge in [0, 0.05) is 0 Å². The lowest BCUT2D eigenvalue weighted by Gasteiger charge is -2.22. The average molecular weight is 227 g/mol. The minimum absolute atomic E-state index is 0.344. The summed E-state index contributed by atoms with van der Waals surface area (Å²) >= 11 is 5.95. The van der Waals surface area contributed by atoms with Gasteiger partial charge in [0.1, 0.15) is 12.4 Å². The first-order valence-corrected chi connectivity index (χ1v) is 5.67. The molecule has 1 fully saturated rings. The highest BCUT2D eigenvalue weighted by molar-refractivity contribution is 6.32. The predicted molar refractivity (Wildman–Crippen MR) is 60.4 cm³/mol. The Morgan fingerprint density at radius 2 is 1.93 bits per heavy atom. The molecule has 1 aromatic rings. The molecule has 0 unspecified atom stereocenters. The highest BCUT2D eigenvalue weighted by atomic mass is 35.5. The van der Waals surface area contributed by atoms with Gasteiger partial charge in [-0.3, -0.25) is 0 Å². The number of ether oxygens (including phenoxy) is 1. The lowest BCUT2D eigenvalue weighted by Crippen LogP contribution is -2.32. The standard InChI is InChI=1S/C12H15ClO2/c13-10-5-1-2-6-11(10)15-9-12(14)7-3-4-8-12/h1-2,5-6,14H,3-4,7-9H2. The van der Waals surface area contributed by atoms with E-state index in [2.05, 4.69) is 0 Å². The number of rotatable bonds is 3. The van der Waals surface area contributed by atoms with Crippen LogP contribution in [0.15, 0.2) is 24.3 Å². The molecule has 1 aliphatic rings. The Kier molecular flexibility index (Phi) is 3.17. The Bertz CT molecular complexity index is 332. The largest absolute Gasteiger partial charge is 0.489 e. The van der Waals surface area contributed by atoms with E-state index in [1.807, 2.05) is 18.2 Å². The number of halogens is 1. The number of hydrogen-bond acceptors (Lipinski definition) is 2. The fourth-order valence-corrected chi connectivity index (χ4v) is 2.14. The van der Waals surface area contributed by atoms with E-state index >= 15 is 0 Å². The zero-order valence-electron chi connectivity index (χ0n) is 8.58. The van der Waals surface area contributed by atoms with Crippen LogP contribution in [0.3, 0.4) is 0 Å². The van der Waals surface area contributed by atoms with Crippen molar-refractivity contribution in [2.24, 2.45) is 0 Å². The highest BCUT2D eigenvalue weighted by Crippen LogP contribution is 2.31. The summed E-state index contributed by atoms with van der Waals surface area (Å²) < 4.78 is 5.54. The molecule has 0 spiro atoms. The molecule has 2 rings (SSSR count). The summed E-state index contributed by atoms with van der Waals surface area (Å²) in [5, 5.41) is 10.7. The van der Waals surface area contributed by atoms with Crippen LogP contribution < -0.4 is 4.74 Å². The van der Waals surface area contributed by atoms with Gasteiger partial charge in [-0.25, -0.2) is 0 Å². The molecule has 0 heterocycles. The molecule has 0 saturated heterocycles. The molecule has 2 nitrogen and oxygen atoms in total. The third-order valence-corrected chi connectivity index (χ3v) is 3.18. The van der Waals surface area contributed by atoms with Crippen LogP contribution in [0.5, 0.6) is 5.75 Å². The molecule has 0 radical (unpaired) electrons. The van der Waals surface area contributed by atoms with Gasteiger partial charge >= 0.3 is 0 Å². The van der Waals surface area contributed by atoms with Gasteiger partial charge in [-0.2, -0.15) is 0 Å². The van der Waals surface area contributed by atoms with Crippen molar-refractivity contribution in [3.05, 3.63) is 29.3 Å². The SMILES string of the molecule is OC1(COc2ccccc2Cl)CCCC1. The van der Waals surface area contributed by atoms with Crippen LogP contribution in [0.4, 0.5) is 0 Å². The summed E-state index contributed by atoms with van der Waals surface area (Å²) in [6, 6.07) is 7.34. The lowest BCUT2D eigenvalue weighted by atomic mass is 10.0. The van der Waals surface area contributed by atoms with Crippen LogP contribution in [0.1, 0.15) is 25.7 Å². The maximum atomic E-state index is 10.1. The van der Waals surface area contributed by atoms with Crippen LogP contribution in [-0.2, 0) is 0 Å². The smallest absolute Gasteiger partial charge is 0.138 e. The molecule has 1 aliphatic carbocycles. The highest BCUT2D eigenvalue weighted by Gasteiger charge is 2.31. The van der Waals surface area contributed by atoms with Crippen LogP contribution in [0.2, 0.25) is 5.02 Å². The second-order valence-electron chi connectivity index (χ2n) is 4.15. The normalized spacial score (nSPS) is 19.1. The van der Waals surface area contributed by atoms with Gasteiger partial charge in [0.05, 0.1) is 10.6 Å². The molecule has 82 valence electrons. The fourth-order valence-electron chi connectivity index (χ4n) is 1.95. The number of hydrogen-bond donors (Lipinski definition) is 1. The summed E-state index contributed by atoms with van der Waals surface area (Å²) in [5.74, 6) is 0.652. The van der Waals surface area contributed by atoms with Crippen LogP contribution >= 0.6 is 11.6 Å². The van der Waals surface area contributed by atoms with E-state index in [0.29, 0.717) is 17.4 Å². The van der Waals surface area contributed by atoms with Crippen LogP contribution in [-0.4, -0.2) is 17.3 Å².